The molecule has 0 fully saturated rings. The fraction of sp³-hybridized carbons (Fsp3) is 0. The molecule has 4 aromatic rings. The van der Waals surface area contributed by atoms with E-state index in [1.165, 1.54) is 0 Å². The number of nitrogens with one attached hydrogen (secondary N) is 2. The maximum Gasteiger partial charge on any atom is 0.261 e. The van der Waals surface area contributed by atoms with E-state index >= 15 is 0 Å². The zero-order chi connectivity index (χ0) is 19.3. The Kier molecular flexibility index (Phi) is 4.80. The Morgan fingerprint density at radius 2 is 1.54 bits per heavy atom. The lowest BCUT2D eigenvalue weighted by atomic mass is 9.94. The molecule has 0 atom stereocenters. The molecule has 28 heavy (non-hydrogen) atoms. The van der Waals surface area contributed by atoms with Gasteiger partial charge in [0.2, 0.25) is 0 Å². The summed E-state index contributed by atoms with van der Waals surface area (Å²) in [5, 5.41) is 2.81. The molecule has 2 aromatic carbocycles. The Labute approximate surface area is 161 Å². The van der Waals surface area contributed by atoms with Crippen LogP contribution in [0.4, 0.5) is 5.69 Å². The molecule has 0 aliphatic rings. The predicted octanol–water partition coefficient (Wildman–Crippen LogP) is 4.36. The van der Waals surface area contributed by atoms with Crippen molar-refractivity contribution in [3.8, 4) is 22.4 Å². The Hall–Kier alpha value is -3.99. The van der Waals surface area contributed by atoms with Crippen LogP contribution in [0.2, 0.25) is 0 Å². The number of carbonyl (C=O) groups is 1. The monoisotopic (exact) mass is 367 g/mol. The molecule has 0 saturated carbocycles. The highest BCUT2D eigenvalue weighted by atomic mass is 16.2. The van der Waals surface area contributed by atoms with Gasteiger partial charge < -0.3 is 10.3 Å². The Balaban J connectivity index is 1.92. The lowest BCUT2D eigenvalue weighted by Crippen LogP contribution is -2.25. The second-order valence-electron chi connectivity index (χ2n) is 6.18. The molecule has 4 rings (SSSR count). The summed E-state index contributed by atoms with van der Waals surface area (Å²) < 4.78 is 0. The molecule has 5 nitrogen and oxygen atoms in total. The van der Waals surface area contributed by atoms with E-state index in [0.717, 1.165) is 5.56 Å². The number of aromatic amines is 1. The van der Waals surface area contributed by atoms with Crippen LogP contribution in [0.3, 0.4) is 0 Å². The number of H-pyrrole nitrogens is 1. The topological polar surface area (TPSA) is 74.8 Å². The first-order valence-electron chi connectivity index (χ1n) is 8.83. The standard InChI is InChI=1S/C23H17N3O2/c27-22-21(23(28)26-17-11-5-2-6-12-17)20(16-9-3-1-4-10-16)18(15-25-22)19-13-7-8-14-24-19/h1-15H,(H,25,27)(H,26,28). The number of rotatable bonds is 4. The normalized spacial score (nSPS) is 10.4. The number of carbonyl (C=O) groups excluding carboxylic acids is 1. The van der Waals surface area contributed by atoms with Crippen LogP contribution in [0.1, 0.15) is 10.4 Å². The summed E-state index contributed by atoms with van der Waals surface area (Å²) >= 11 is 0. The first kappa shape index (κ1) is 17.4. The molecule has 0 bridgehead atoms. The van der Waals surface area contributed by atoms with Crippen LogP contribution >= 0.6 is 0 Å². The van der Waals surface area contributed by atoms with Crippen LogP contribution in [-0.4, -0.2) is 15.9 Å². The highest BCUT2D eigenvalue weighted by Crippen LogP contribution is 2.32. The van der Waals surface area contributed by atoms with Gasteiger partial charge in [0.15, 0.2) is 0 Å². The van der Waals surface area contributed by atoms with Gasteiger partial charge in [-0.25, -0.2) is 0 Å². The van der Waals surface area contributed by atoms with Gasteiger partial charge >= 0.3 is 0 Å². The number of hydrogen-bond donors (Lipinski definition) is 2. The van der Waals surface area contributed by atoms with Crippen molar-refractivity contribution in [2.24, 2.45) is 0 Å². The van der Waals surface area contributed by atoms with Gasteiger partial charge in [-0.3, -0.25) is 14.6 Å². The number of para-hydroxylation sites is 1. The molecule has 0 unspecified atom stereocenters. The predicted molar refractivity (Wildman–Crippen MR) is 110 cm³/mol. The van der Waals surface area contributed by atoms with Crippen LogP contribution in [0, 0.1) is 0 Å². The van der Waals surface area contributed by atoms with Gasteiger partial charge in [-0.2, -0.15) is 0 Å². The fourth-order valence-electron chi connectivity index (χ4n) is 3.09. The molecule has 2 N–H and O–H groups in total. The molecule has 2 heterocycles. The molecular weight excluding hydrogens is 350 g/mol. The third-order valence-electron chi connectivity index (χ3n) is 4.36. The SMILES string of the molecule is O=C(Nc1ccccc1)c1c(-c2ccccc2)c(-c2ccccn2)c[nH]c1=O. The molecule has 2 aromatic heterocycles. The second kappa shape index (κ2) is 7.72. The van der Waals surface area contributed by atoms with Crippen LogP contribution < -0.4 is 10.9 Å². The van der Waals surface area contributed by atoms with Crippen molar-refractivity contribution in [1.29, 1.82) is 0 Å². The van der Waals surface area contributed by atoms with Crippen molar-refractivity contribution in [1.82, 2.24) is 9.97 Å². The van der Waals surface area contributed by atoms with E-state index in [0.29, 0.717) is 22.5 Å². The largest absolute Gasteiger partial charge is 0.328 e. The zero-order valence-electron chi connectivity index (χ0n) is 14.9. The molecule has 0 aliphatic heterocycles. The van der Waals surface area contributed by atoms with Crippen LogP contribution in [0.25, 0.3) is 22.4 Å². The molecule has 1 amide bonds. The lowest BCUT2D eigenvalue weighted by Gasteiger charge is -2.14. The molecule has 0 saturated heterocycles. The van der Waals surface area contributed by atoms with Crippen LogP contribution in [-0.2, 0) is 0 Å². The minimum atomic E-state index is -0.468. The Bertz CT molecular complexity index is 1150. The van der Waals surface area contributed by atoms with E-state index in [-0.39, 0.29) is 5.56 Å². The van der Waals surface area contributed by atoms with Gasteiger partial charge in [-0.1, -0.05) is 54.6 Å². The summed E-state index contributed by atoms with van der Waals surface area (Å²) in [6.07, 6.45) is 3.28. The number of amides is 1. The van der Waals surface area contributed by atoms with Crippen LogP contribution in [0.5, 0.6) is 0 Å². The number of benzene rings is 2. The summed E-state index contributed by atoms with van der Waals surface area (Å²) in [7, 11) is 0. The van der Waals surface area contributed by atoms with Gasteiger partial charge in [-0.05, 0) is 29.8 Å². The highest BCUT2D eigenvalue weighted by Gasteiger charge is 2.22. The van der Waals surface area contributed by atoms with Crippen molar-refractivity contribution in [3.05, 3.63) is 107 Å². The average molecular weight is 367 g/mol. The molecule has 0 aliphatic carbocycles. The first-order valence-corrected chi connectivity index (χ1v) is 8.83. The Morgan fingerprint density at radius 3 is 2.21 bits per heavy atom. The summed E-state index contributed by atoms with van der Waals surface area (Å²) in [6, 6.07) is 24.0. The smallest absolute Gasteiger partial charge is 0.261 e. The van der Waals surface area contributed by atoms with Crippen molar-refractivity contribution >= 4 is 11.6 Å². The number of anilines is 1. The summed E-state index contributed by atoms with van der Waals surface area (Å²) in [6.45, 7) is 0. The maximum absolute atomic E-state index is 13.1. The maximum atomic E-state index is 13.1. The van der Waals surface area contributed by atoms with E-state index < -0.39 is 11.5 Å². The summed E-state index contributed by atoms with van der Waals surface area (Å²) in [5.41, 5.74) is 2.90. The minimum absolute atomic E-state index is 0.0539. The summed E-state index contributed by atoms with van der Waals surface area (Å²) in [5.74, 6) is -0.468. The number of aromatic nitrogens is 2. The van der Waals surface area contributed by atoms with Crippen molar-refractivity contribution in [2.45, 2.75) is 0 Å². The van der Waals surface area contributed by atoms with E-state index in [1.807, 2.05) is 66.7 Å². The number of pyridine rings is 2. The molecule has 136 valence electrons. The highest BCUT2D eigenvalue weighted by molar-refractivity contribution is 6.10. The minimum Gasteiger partial charge on any atom is -0.328 e. The summed E-state index contributed by atoms with van der Waals surface area (Å²) in [4.78, 5) is 32.8. The third kappa shape index (κ3) is 3.46. The second-order valence-corrected chi connectivity index (χ2v) is 6.18. The average Bonchev–Trinajstić information content (AvgIpc) is 2.75. The van der Waals surface area contributed by atoms with Gasteiger partial charge in [0.25, 0.3) is 11.5 Å². The van der Waals surface area contributed by atoms with Crippen molar-refractivity contribution in [2.75, 3.05) is 5.32 Å². The molecule has 5 heteroatoms. The van der Waals surface area contributed by atoms with E-state index in [2.05, 4.69) is 15.3 Å². The van der Waals surface area contributed by atoms with E-state index in [4.69, 9.17) is 0 Å². The van der Waals surface area contributed by atoms with Crippen LogP contribution in [0.15, 0.2) is 96.1 Å². The quantitative estimate of drug-likeness (QED) is 0.563. The van der Waals surface area contributed by atoms with E-state index in [9.17, 15) is 9.59 Å². The molecule has 0 spiro atoms. The first-order chi connectivity index (χ1) is 13.7. The molecule has 0 radical (unpaired) electrons. The molecular formula is C23H17N3O2. The van der Waals surface area contributed by atoms with Gasteiger partial charge in [0.05, 0.1) is 5.69 Å². The fourth-order valence-corrected chi connectivity index (χ4v) is 3.09. The van der Waals surface area contributed by atoms with Gasteiger partial charge in [0, 0.05) is 29.2 Å². The van der Waals surface area contributed by atoms with Gasteiger partial charge in [-0.15, -0.1) is 0 Å². The number of hydrogen-bond acceptors (Lipinski definition) is 3. The zero-order valence-corrected chi connectivity index (χ0v) is 14.9. The van der Waals surface area contributed by atoms with Gasteiger partial charge in [0.1, 0.15) is 5.56 Å². The van der Waals surface area contributed by atoms with Crippen molar-refractivity contribution < 1.29 is 4.79 Å². The van der Waals surface area contributed by atoms with Crippen molar-refractivity contribution in [3.63, 3.8) is 0 Å². The Morgan fingerprint density at radius 1 is 0.857 bits per heavy atom. The van der Waals surface area contributed by atoms with E-state index in [1.54, 1.807) is 24.5 Å². The third-order valence-corrected chi connectivity index (χ3v) is 4.36. The number of nitrogens with zero attached hydrogens (tertiary/aromatic N) is 1. The lowest BCUT2D eigenvalue weighted by molar-refractivity contribution is 0.102.